The molecule has 1 saturated heterocycles. The predicted molar refractivity (Wildman–Crippen MR) is 112 cm³/mol. The summed E-state index contributed by atoms with van der Waals surface area (Å²) in [7, 11) is -0.405. The fourth-order valence-corrected chi connectivity index (χ4v) is 3.20. The summed E-state index contributed by atoms with van der Waals surface area (Å²) in [5, 5.41) is 2.76. The minimum absolute atomic E-state index is 0.0910. The van der Waals surface area contributed by atoms with Gasteiger partial charge in [0.05, 0.1) is 22.2 Å². The molecule has 4 rings (SSSR count). The van der Waals surface area contributed by atoms with Gasteiger partial charge in [-0.25, -0.2) is 4.98 Å². The summed E-state index contributed by atoms with van der Waals surface area (Å²) in [4.78, 5) is 19.2. The molecule has 1 aliphatic heterocycles. The van der Waals surface area contributed by atoms with Gasteiger partial charge < -0.3 is 19.6 Å². The van der Waals surface area contributed by atoms with Crippen LogP contribution in [0.2, 0.25) is 0 Å². The number of rotatable bonds is 3. The third-order valence-electron chi connectivity index (χ3n) is 5.51. The number of amides is 1. The van der Waals surface area contributed by atoms with Gasteiger partial charge in [-0.3, -0.25) is 4.79 Å². The Kier molecular flexibility index (Phi) is 4.32. The Hall–Kier alpha value is -2.64. The number of benzene rings is 2. The topological polar surface area (TPSA) is 76.2 Å². The van der Waals surface area contributed by atoms with E-state index in [1.165, 1.54) is 6.92 Å². The Bertz CT molecular complexity index is 1020. The molecule has 6 nitrogen and oxygen atoms in total. The van der Waals surface area contributed by atoms with Crippen molar-refractivity contribution in [3.05, 3.63) is 42.5 Å². The van der Waals surface area contributed by atoms with Crippen molar-refractivity contribution in [1.82, 2.24) is 9.97 Å². The number of hydrogen-bond acceptors (Lipinski definition) is 4. The number of carbonyl (C=O) groups is 1. The molecule has 1 amide bonds. The zero-order valence-corrected chi connectivity index (χ0v) is 16.8. The third kappa shape index (κ3) is 3.32. The smallest absolute Gasteiger partial charge is 0.399 e. The van der Waals surface area contributed by atoms with Crippen LogP contribution in [0, 0.1) is 0 Å². The van der Waals surface area contributed by atoms with Crippen LogP contribution in [0.3, 0.4) is 0 Å². The van der Waals surface area contributed by atoms with Crippen LogP contribution in [0.5, 0.6) is 0 Å². The predicted octanol–water partition coefficient (Wildman–Crippen LogP) is 3.49. The third-order valence-corrected chi connectivity index (χ3v) is 5.51. The molecule has 2 heterocycles. The fourth-order valence-electron chi connectivity index (χ4n) is 3.20. The van der Waals surface area contributed by atoms with E-state index in [4.69, 9.17) is 9.31 Å². The van der Waals surface area contributed by atoms with Crippen molar-refractivity contribution < 1.29 is 14.1 Å². The standard InChI is InChI=1S/C21H24BN3O3/c1-13(26)23-16-9-6-14(7-10-16)19-24-17-11-8-15(12-18(17)25-19)22-27-20(2,3)21(4,5)28-22/h6-12H,1-5H3,(H,23,26)(H,24,25). The average Bonchev–Trinajstić information content (AvgIpc) is 3.12. The minimum Gasteiger partial charge on any atom is -0.399 e. The summed E-state index contributed by atoms with van der Waals surface area (Å²) in [6.07, 6.45) is 0. The van der Waals surface area contributed by atoms with Gasteiger partial charge in [-0.15, -0.1) is 0 Å². The van der Waals surface area contributed by atoms with Crippen LogP contribution in [-0.2, 0) is 14.1 Å². The summed E-state index contributed by atoms with van der Waals surface area (Å²) < 4.78 is 12.3. The number of H-pyrrole nitrogens is 1. The highest BCUT2D eigenvalue weighted by atomic mass is 16.7. The molecule has 7 heteroatoms. The largest absolute Gasteiger partial charge is 0.494 e. The lowest BCUT2D eigenvalue weighted by molar-refractivity contribution is -0.114. The van der Waals surface area contributed by atoms with Crippen molar-refractivity contribution in [2.45, 2.75) is 45.8 Å². The summed E-state index contributed by atoms with van der Waals surface area (Å²) >= 11 is 0. The molecular formula is C21H24BN3O3. The van der Waals surface area contributed by atoms with E-state index in [1.54, 1.807) is 0 Å². The Morgan fingerprint density at radius 2 is 1.68 bits per heavy atom. The summed E-state index contributed by atoms with van der Waals surface area (Å²) in [5.74, 6) is 0.683. The number of nitrogens with one attached hydrogen (secondary N) is 2. The number of nitrogens with zero attached hydrogens (tertiary/aromatic N) is 1. The highest BCUT2D eigenvalue weighted by molar-refractivity contribution is 6.62. The van der Waals surface area contributed by atoms with E-state index >= 15 is 0 Å². The molecule has 0 atom stereocenters. The van der Waals surface area contributed by atoms with Gasteiger partial charge in [0.2, 0.25) is 5.91 Å². The van der Waals surface area contributed by atoms with Gasteiger partial charge in [0, 0.05) is 18.2 Å². The van der Waals surface area contributed by atoms with Gasteiger partial charge in [0.25, 0.3) is 0 Å². The second-order valence-electron chi connectivity index (χ2n) is 8.21. The van der Waals surface area contributed by atoms with Crippen molar-refractivity contribution in [1.29, 1.82) is 0 Å². The van der Waals surface area contributed by atoms with Gasteiger partial charge in [-0.05, 0) is 69.6 Å². The van der Waals surface area contributed by atoms with Crippen LogP contribution in [0.1, 0.15) is 34.6 Å². The summed E-state index contributed by atoms with van der Waals surface area (Å²) in [6.45, 7) is 9.68. The molecule has 1 aliphatic rings. The SMILES string of the molecule is CC(=O)Nc1ccc(-c2nc3ccc(B4OC(C)(C)C(C)(C)O4)cc3[nH]2)cc1. The average molecular weight is 377 g/mol. The van der Waals surface area contributed by atoms with E-state index < -0.39 is 7.12 Å². The van der Waals surface area contributed by atoms with Crippen molar-refractivity contribution in [3.8, 4) is 11.4 Å². The van der Waals surface area contributed by atoms with Gasteiger partial charge in [-0.2, -0.15) is 0 Å². The molecule has 144 valence electrons. The van der Waals surface area contributed by atoms with E-state index in [9.17, 15) is 4.79 Å². The van der Waals surface area contributed by atoms with Crippen LogP contribution in [0.25, 0.3) is 22.4 Å². The minimum atomic E-state index is -0.405. The maximum Gasteiger partial charge on any atom is 0.494 e. The lowest BCUT2D eigenvalue weighted by Crippen LogP contribution is -2.41. The summed E-state index contributed by atoms with van der Waals surface area (Å²) in [6, 6.07) is 13.6. The Morgan fingerprint density at radius 3 is 2.29 bits per heavy atom. The van der Waals surface area contributed by atoms with E-state index in [2.05, 4.69) is 15.3 Å². The van der Waals surface area contributed by atoms with E-state index in [0.29, 0.717) is 0 Å². The van der Waals surface area contributed by atoms with Crippen LogP contribution in [-0.4, -0.2) is 34.2 Å². The maximum absolute atomic E-state index is 11.2. The molecule has 2 N–H and O–H groups in total. The normalized spacial score (nSPS) is 17.8. The number of fused-ring (bicyclic) bond motifs is 1. The zero-order chi connectivity index (χ0) is 20.1. The molecule has 0 bridgehead atoms. The Labute approximate surface area is 164 Å². The van der Waals surface area contributed by atoms with Crippen LogP contribution in [0.4, 0.5) is 5.69 Å². The van der Waals surface area contributed by atoms with Gasteiger partial charge in [-0.1, -0.05) is 6.07 Å². The second kappa shape index (κ2) is 6.46. The molecule has 0 aliphatic carbocycles. The molecule has 0 unspecified atom stereocenters. The van der Waals surface area contributed by atoms with E-state index in [-0.39, 0.29) is 17.1 Å². The summed E-state index contributed by atoms with van der Waals surface area (Å²) in [5.41, 5.74) is 3.72. The second-order valence-corrected chi connectivity index (χ2v) is 8.21. The van der Waals surface area contributed by atoms with Gasteiger partial charge in [0.15, 0.2) is 0 Å². The Morgan fingerprint density at radius 1 is 1.04 bits per heavy atom. The van der Waals surface area contributed by atoms with Crippen molar-refractivity contribution in [2.24, 2.45) is 0 Å². The van der Waals surface area contributed by atoms with Crippen molar-refractivity contribution in [3.63, 3.8) is 0 Å². The molecule has 0 saturated carbocycles. The molecule has 3 aromatic rings. The van der Waals surface area contributed by atoms with E-state index in [0.717, 1.165) is 33.6 Å². The van der Waals surface area contributed by atoms with Crippen molar-refractivity contribution >= 4 is 35.2 Å². The van der Waals surface area contributed by atoms with Crippen LogP contribution in [0.15, 0.2) is 42.5 Å². The quantitative estimate of drug-likeness (QED) is 0.686. The van der Waals surface area contributed by atoms with Crippen molar-refractivity contribution in [2.75, 3.05) is 5.32 Å². The number of aromatic amines is 1. The highest BCUT2D eigenvalue weighted by Gasteiger charge is 2.51. The highest BCUT2D eigenvalue weighted by Crippen LogP contribution is 2.36. The monoisotopic (exact) mass is 377 g/mol. The van der Waals surface area contributed by atoms with Crippen LogP contribution >= 0.6 is 0 Å². The zero-order valence-electron chi connectivity index (χ0n) is 16.8. The molecule has 28 heavy (non-hydrogen) atoms. The molecule has 0 radical (unpaired) electrons. The first kappa shape index (κ1) is 18.7. The Balaban J connectivity index is 1.61. The first-order valence-corrected chi connectivity index (χ1v) is 9.38. The van der Waals surface area contributed by atoms with Gasteiger partial charge >= 0.3 is 7.12 Å². The number of carbonyl (C=O) groups excluding carboxylic acids is 1. The number of hydrogen-bond donors (Lipinski definition) is 2. The molecule has 0 spiro atoms. The molecular weight excluding hydrogens is 353 g/mol. The number of imidazole rings is 1. The first-order chi connectivity index (χ1) is 13.1. The van der Waals surface area contributed by atoms with E-state index in [1.807, 2.05) is 70.2 Å². The first-order valence-electron chi connectivity index (χ1n) is 9.38. The fraction of sp³-hybridized carbons (Fsp3) is 0.333. The lowest BCUT2D eigenvalue weighted by Gasteiger charge is -2.32. The lowest BCUT2D eigenvalue weighted by atomic mass is 9.79. The maximum atomic E-state index is 11.2. The molecule has 1 aromatic heterocycles. The molecule has 1 fully saturated rings. The van der Waals surface area contributed by atoms with Crippen LogP contribution < -0.4 is 10.8 Å². The molecule has 2 aromatic carbocycles. The number of aromatic nitrogens is 2. The van der Waals surface area contributed by atoms with Gasteiger partial charge in [0.1, 0.15) is 5.82 Å². The number of anilines is 1.